The van der Waals surface area contributed by atoms with Gasteiger partial charge in [-0.1, -0.05) is 29.4 Å². The minimum Gasteiger partial charge on any atom is -0.352 e. The van der Waals surface area contributed by atoms with Crippen molar-refractivity contribution in [2.45, 2.75) is 35.7 Å². The lowest BCUT2D eigenvalue weighted by atomic mass is 10.1. The lowest BCUT2D eigenvalue weighted by Crippen LogP contribution is -2.22. The molecule has 3 aromatic heterocycles. The number of nitrogens with zero attached hydrogens (tertiary/aromatic N) is 4. The van der Waals surface area contributed by atoms with Crippen molar-refractivity contribution >= 4 is 40.2 Å². The van der Waals surface area contributed by atoms with E-state index in [1.807, 2.05) is 48.0 Å². The summed E-state index contributed by atoms with van der Waals surface area (Å²) in [6.45, 7) is 2.50. The molecule has 0 radical (unpaired) electrons. The summed E-state index contributed by atoms with van der Waals surface area (Å²) in [7, 11) is 0. The largest absolute Gasteiger partial charge is 0.352 e. The molecule has 1 amide bonds. The number of pyridine rings is 2. The summed E-state index contributed by atoms with van der Waals surface area (Å²) in [6.07, 6.45) is 6.03. The molecule has 5 rings (SSSR count). The molecule has 1 aliphatic carbocycles. The van der Waals surface area contributed by atoms with Crippen LogP contribution in [0.5, 0.6) is 0 Å². The Morgan fingerprint density at radius 2 is 2.10 bits per heavy atom. The van der Waals surface area contributed by atoms with Gasteiger partial charge in [0.25, 0.3) is 5.91 Å². The average Bonchev–Trinajstić information content (AvgIpc) is 3.55. The predicted molar refractivity (Wildman–Crippen MR) is 123 cm³/mol. The molecule has 0 saturated heterocycles. The highest BCUT2D eigenvalue weighted by molar-refractivity contribution is 7.99. The fraction of sp³-hybridized carbons (Fsp3) is 0.217. The van der Waals surface area contributed by atoms with Gasteiger partial charge in [0.15, 0.2) is 0 Å². The van der Waals surface area contributed by atoms with Crippen molar-refractivity contribution in [2.24, 2.45) is 0 Å². The van der Waals surface area contributed by atoms with Crippen molar-refractivity contribution in [1.29, 1.82) is 0 Å². The van der Waals surface area contributed by atoms with Crippen LogP contribution in [-0.2, 0) is 0 Å². The van der Waals surface area contributed by atoms with Crippen molar-refractivity contribution in [2.75, 3.05) is 6.54 Å². The quantitative estimate of drug-likeness (QED) is 0.427. The van der Waals surface area contributed by atoms with Crippen LogP contribution < -0.4 is 5.32 Å². The zero-order chi connectivity index (χ0) is 21.4. The molecule has 8 heteroatoms. The molecular formula is C23H20ClN5OS. The lowest BCUT2D eigenvalue weighted by Gasteiger charge is -2.06. The van der Waals surface area contributed by atoms with E-state index in [4.69, 9.17) is 21.7 Å². The highest BCUT2D eigenvalue weighted by Crippen LogP contribution is 2.40. The lowest BCUT2D eigenvalue weighted by molar-refractivity contribution is 0.0956. The van der Waals surface area contributed by atoms with Crippen LogP contribution in [0.25, 0.3) is 22.3 Å². The minimum absolute atomic E-state index is 0.0780. The van der Waals surface area contributed by atoms with Gasteiger partial charge in [0.05, 0.1) is 27.2 Å². The van der Waals surface area contributed by atoms with Crippen molar-refractivity contribution in [3.05, 3.63) is 65.4 Å². The first kappa shape index (κ1) is 20.0. The minimum atomic E-state index is -0.0780. The van der Waals surface area contributed by atoms with Crippen LogP contribution in [0.15, 0.2) is 64.8 Å². The maximum Gasteiger partial charge on any atom is 0.251 e. The van der Waals surface area contributed by atoms with Gasteiger partial charge in [-0.15, -0.1) is 0 Å². The zero-order valence-electron chi connectivity index (χ0n) is 16.9. The Hall–Kier alpha value is -2.90. The molecule has 0 spiro atoms. The second kappa shape index (κ2) is 8.32. The Balaban J connectivity index is 1.51. The van der Waals surface area contributed by atoms with Gasteiger partial charge in [-0.3, -0.25) is 9.48 Å². The molecule has 0 bridgehead atoms. The maximum atomic E-state index is 12.1. The van der Waals surface area contributed by atoms with Gasteiger partial charge in [-0.2, -0.15) is 5.10 Å². The third-order valence-electron chi connectivity index (χ3n) is 5.07. The number of halogens is 1. The van der Waals surface area contributed by atoms with E-state index >= 15 is 0 Å². The Morgan fingerprint density at radius 1 is 1.23 bits per heavy atom. The number of nitrogens with one attached hydrogen (secondary N) is 1. The molecule has 0 atom stereocenters. The monoisotopic (exact) mass is 449 g/mol. The first-order valence-electron chi connectivity index (χ1n) is 10.2. The number of hydrogen-bond donors (Lipinski definition) is 1. The summed E-state index contributed by atoms with van der Waals surface area (Å²) in [5.41, 5.74) is 3.09. The number of rotatable bonds is 6. The van der Waals surface area contributed by atoms with Crippen LogP contribution >= 0.6 is 23.4 Å². The Labute approximate surface area is 189 Å². The predicted octanol–water partition coefficient (Wildman–Crippen LogP) is 5.38. The smallest absolute Gasteiger partial charge is 0.251 e. The normalized spacial score (nSPS) is 13.5. The van der Waals surface area contributed by atoms with E-state index in [1.165, 1.54) is 0 Å². The van der Waals surface area contributed by atoms with Gasteiger partial charge in [-0.25, -0.2) is 9.97 Å². The summed E-state index contributed by atoms with van der Waals surface area (Å²) in [4.78, 5) is 22.4. The number of amides is 1. The molecule has 0 unspecified atom stereocenters. The molecule has 1 fully saturated rings. The number of carbonyl (C=O) groups excluding carboxylic acids is 1. The van der Waals surface area contributed by atoms with Crippen LogP contribution in [0.3, 0.4) is 0 Å². The molecule has 0 aliphatic heterocycles. The number of hydrogen-bond acceptors (Lipinski definition) is 5. The third kappa shape index (κ3) is 4.29. The van der Waals surface area contributed by atoms with Crippen LogP contribution in [0.1, 0.15) is 36.2 Å². The highest BCUT2D eigenvalue weighted by Gasteiger charge is 2.27. The van der Waals surface area contributed by atoms with Crippen LogP contribution in [0.4, 0.5) is 0 Å². The van der Waals surface area contributed by atoms with Crippen molar-refractivity contribution < 1.29 is 4.79 Å². The van der Waals surface area contributed by atoms with Gasteiger partial charge >= 0.3 is 0 Å². The SMILES string of the molecule is CCNC(=O)c1ccc2nc(-c3nn(C4CC4)cc3Sc3ccc(Cl)cn3)ccc2c1. The molecule has 156 valence electrons. The summed E-state index contributed by atoms with van der Waals surface area (Å²) >= 11 is 7.53. The van der Waals surface area contributed by atoms with Crippen molar-refractivity contribution in [1.82, 2.24) is 25.1 Å². The van der Waals surface area contributed by atoms with Crippen LogP contribution in [-0.4, -0.2) is 32.2 Å². The van der Waals surface area contributed by atoms with E-state index in [-0.39, 0.29) is 5.91 Å². The Kier molecular flexibility index (Phi) is 5.38. The van der Waals surface area contributed by atoms with E-state index in [0.717, 1.165) is 45.1 Å². The van der Waals surface area contributed by atoms with E-state index < -0.39 is 0 Å². The summed E-state index contributed by atoms with van der Waals surface area (Å²) in [5, 5.41) is 10.1. The second-order valence-electron chi connectivity index (χ2n) is 7.43. The van der Waals surface area contributed by atoms with E-state index in [2.05, 4.69) is 16.5 Å². The molecule has 31 heavy (non-hydrogen) atoms. The fourth-order valence-electron chi connectivity index (χ4n) is 3.35. The molecular weight excluding hydrogens is 430 g/mol. The average molecular weight is 450 g/mol. The molecule has 6 nitrogen and oxygen atoms in total. The van der Waals surface area contributed by atoms with Gasteiger partial charge in [0.2, 0.25) is 0 Å². The van der Waals surface area contributed by atoms with E-state index in [1.54, 1.807) is 24.0 Å². The Bertz CT molecular complexity index is 1270. The third-order valence-corrected chi connectivity index (χ3v) is 6.26. The summed E-state index contributed by atoms with van der Waals surface area (Å²) in [6, 6.07) is 13.7. The summed E-state index contributed by atoms with van der Waals surface area (Å²) < 4.78 is 2.04. The molecule has 1 N–H and O–H groups in total. The van der Waals surface area contributed by atoms with Gasteiger partial charge in [0.1, 0.15) is 10.7 Å². The topological polar surface area (TPSA) is 72.7 Å². The number of fused-ring (bicyclic) bond motifs is 1. The van der Waals surface area contributed by atoms with Crippen molar-refractivity contribution in [3.63, 3.8) is 0 Å². The van der Waals surface area contributed by atoms with Crippen LogP contribution in [0.2, 0.25) is 5.02 Å². The second-order valence-corrected chi connectivity index (χ2v) is 8.93. The van der Waals surface area contributed by atoms with Gasteiger partial charge in [0, 0.05) is 29.9 Å². The highest BCUT2D eigenvalue weighted by atomic mass is 35.5. The first-order valence-corrected chi connectivity index (χ1v) is 11.4. The zero-order valence-corrected chi connectivity index (χ0v) is 18.5. The van der Waals surface area contributed by atoms with E-state index in [9.17, 15) is 4.79 Å². The number of aromatic nitrogens is 4. The molecule has 1 aliphatic rings. The fourth-order valence-corrected chi connectivity index (χ4v) is 4.33. The Morgan fingerprint density at radius 3 is 2.84 bits per heavy atom. The molecule has 1 aromatic carbocycles. The first-order chi connectivity index (χ1) is 15.1. The standard InChI is InChI=1S/C23H20ClN5OS/c1-2-25-23(30)15-4-8-18-14(11-15)3-9-19(27-18)22-20(13-29(28-22)17-6-7-17)31-21-10-5-16(24)12-26-21/h3-5,8-13,17H,2,6-7H2,1H3,(H,25,30). The van der Waals surface area contributed by atoms with Gasteiger partial charge in [-0.05, 0) is 56.2 Å². The van der Waals surface area contributed by atoms with Crippen molar-refractivity contribution in [3.8, 4) is 11.4 Å². The number of carbonyl (C=O) groups is 1. The van der Waals surface area contributed by atoms with Gasteiger partial charge < -0.3 is 5.32 Å². The molecule has 1 saturated carbocycles. The maximum absolute atomic E-state index is 12.1. The van der Waals surface area contributed by atoms with E-state index in [0.29, 0.717) is 23.2 Å². The van der Waals surface area contributed by atoms with Crippen LogP contribution in [0, 0.1) is 0 Å². The summed E-state index contributed by atoms with van der Waals surface area (Å²) in [5.74, 6) is -0.0780. The number of benzene rings is 1. The molecule has 3 heterocycles. The molecule has 4 aromatic rings.